The first-order valence-electron chi connectivity index (χ1n) is 7.45. The summed E-state index contributed by atoms with van der Waals surface area (Å²) in [4.78, 5) is 13.7. The summed E-state index contributed by atoms with van der Waals surface area (Å²) in [7, 11) is 0. The van der Waals surface area contributed by atoms with Gasteiger partial charge in [0.1, 0.15) is 0 Å². The van der Waals surface area contributed by atoms with Gasteiger partial charge < -0.3 is 0 Å². The lowest BCUT2D eigenvalue weighted by molar-refractivity contribution is 1.35. The number of benzene rings is 2. The molecule has 4 rings (SSSR count). The van der Waals surface area contributed by atoms with E-state index < -0.39 is 0 Å². The molecule has 0 N–H and O–H groups in total. The summed E-state index contributed by atoms with van der Waals surface area (Å²) in [6.45, 7) is 0. The van der Waals surface area contributed by atoms with Crippen LogP contribution in [0.5, 0.6) is 0 Å². The predicted octanol–water partition coefficient (Wildman–Crippen LogP) is 6.71. The fourth-order valence-corrected chi connectivity index (χ4v) is 4.47. The van der Waals surface area contributed by atoms with E-state index in [-0.39, 0.29) is 0 Å². The molecule has 0 saturated carbocycles. The van der Waals surface area contributed by atoms with Crippen molar-refractivity contribution in [1.29, 1.82) is 0 Å². The molecule has 0 aliphatic carbocycles. The van der Waals surface area contributed by atoms with E-state index in [2.05, 4.69) is 54.0 Å². The zero-order valence-corrected chi connectivity index (χ0v) is 16.7. The van der Waals surface area contributed by atoms with Crippen molar-refractivity contribution in [3.63, 3.8) is 0 Å². The van der Waals surface area contributed by atoms with Gasteiger partial charge in [0.25, 0.3) is 0 Å². The van der Waals surface area contributed by atoms with Crippen molar-refractivity contribution in [2.24, 2.45) is 4.99 Å². The van der Waals surface area contributed by atoms with Gasteiger partial charge in [0.05, 0.1) is 28.6 Å². The number of hydrogen-bond acceptors (Lipinski definition) is 3. The first-order valence-corrected chi connectivity index (χ1v) is 9.41. The lowest BCUT2D eigenvalue weighted by Gasteiger charge is -2.04. The molecular weight excluding hydrogens is 465 g/mol. The Kier molecular flexibility index (Phi) is 4.54. The van der Waals surface area contributed by atoms with E-state index >= 15 is 0 Å². The van der Waals surface area contributed by atoms with Crippen molar-refractivity contribution in [3.05, 3.63) is 74.4 Å². The topological polar surface area (TPSA) is 38.1 Å². The van der Waals surface area contributed by atoms with Crippen LogP contribution in [0.25, 0.3) is 21.8 Å². The Balaban J connectivity index is 1.81. The average molecular weight is 476 g/mol. The molecule has 0 spiro atoms. The quantitative estimate of drug-likeness (QED) is 0.239. The summed E-state index contributed by atoms with van der Waals surface area (Å²) in [5, 5.41) is 2.76. The van der Waals surface area contributed by atoms with Crippen LogP contribution >= 0.6 is 43.5 Å². The lowest BCUT2D eigenvalue weighted by atomic mass is 10.1. The Morgan fingerprint density at radius 3 is 2.36 bits per heavy atom. The van der Waals surface area contributed by atoms with Crippen LogP contribution in [0.15, 0.2) is 68.7 Å². The number of rotatable bonds is 2. The smallest absolute Gasteiger partial charge is 0.0972 e. The van der Waals surface area contributed by atoms with E-state index in [4.69, 9.17) is 16.6 Å². The second-order valence-electron chi connectivity index (χ2n) is 5.42. The van der Waals surface area contributed by atoms with Gasteiger partial charge >= 0.3 is 0 Å². The summed E-state index contributed by atoms with van der Waals surface area (Å²) >= 11 is 13.0. The maximum atomic E-state index is 6.03. The third-order valence-corrected chi connectivity index (χ3v) is 5.19. The molecule has 0 fully saturated rings. The van der Waals surface area contributed by atoms with Crippen molar-refractivity contribution in [2.45, 2.75) is 0 Å². The average Bonchev–Trinajstić information content (AvgIpc) is 2.60. The highest BCUT2D eigenvalue weighted by Crippen LogP contribution is 2.36. The predicted molar refractivity (Wildman–Crippen MR) is 111 cm³/mol. The molecule has 0 atom stereocenters. The van der Waals surface area contributed by atoms with Crippen LogP contribution in [0.4, 0.5) is 5.69 Å². The van der Waals surface area contributed by atoms with Gasteiger partial charge in [0.2, 0.25) is 0 Å². The Morgan fingerprint density at radius 1 is 0.920 bits per heavy atom. The second kappa shape index (κ2) is 6.83. The Labute approximate surface area is 166 Å². The minimum atomic E-state index is 0.638. The van der Waals surface area contributed by atoms with Gasteiger partial charge in [0, 0.05) is 30.9 Å². The SMILES string of the molecule is Clc1cc(Br)c(N=Cc2ccc3ccc4cccnc4c3n2)c(Br)c1. The molecule has 2 aromatic carbocycles. The summed E-state index contributed by atoms with van der Waals surface area (Å²) < 4.78 is 1.63. The molecule has 0 saturated heterocycles. The zero-order chi connectivity index (χ0) is 17.4. The van der Waals surface area contributed by atoms with E-state index in [1.54, 1.807) is 12.4 Å². The van der Waals surface area contributed by atoms with Gasteiger partial charge in [0.15, 0.2) is 0 Å². The molecule has 2 aromatic heterocycles. The monoisotopic (exact) mass is 473 g/mol. The van der Waals surface area contributed by atoms with Gasteiger partial charge in [-0.1, -0.05) is 35.9 Å². The molecule has 0 aliphatic heterocycles. The molecule has 6 heteroatoms. The van der Waals surface area contributed by atoms with E-state index in [0.717, 1.165) is 42.1 Å². The summed E-state index contributed by atoms with van der Waals surface area (Å²) in [5.41, 5.74) is 3.29. The molecule has 2 heterocycles. The highest BCUT2D eigenvalue weighted by molar-refractivity contribution is 9.11. The van der Waals surface area contributed by atoms with Crippen LogP contribution in [-0.2, 0) is 0 Å². The van der Waals surface area contributed by atoms with Crippen LogP contribution in [-0.4, -0.2) is 16.2 Å². The molecule has 0 bridgehead atoms. The number of nitrogens with zero attached hydrogens (tertiary/aromatic N) is 3. The largest absolute Gasteiger partial charge is 0.254 e. The summed E-state index contributed by atoms with van der Waals surface area (Å²) in [6, 6.07) is 15.7. The van der Waals surface area contributed by atoms with Crippen molar-refractivity contribution < 1.29 is 0 Å². The minimum absolute atomic E-state index is 0.638. The van der Waals surface area contributed by atoms with E-state index in [0.29, 0.717) is 5.02 Å². The Morgan fingerprint density at radius 2 is 1.60 bits per heavy atom. The second-order valence-corrected chi connectivity index (χ2v) is 7.57. The first-order chi connectivity index (χ1) is 12.1. The Hall–Kier alpha value is -1.82. The first kappa shape index (κ1) is 16.6. The highest BCUT2D eigenvalue weighted by Gasteiger charge is 2.06. The molecular formula is C19H10Br2ClN3. The number of hydrogen-bond donors (Lipinski definition) is 0. The third kappa shape index (κ3) is 3.32. The molecule has 0 radical (unpaired) electrons. The number of halogens is 3. The maximum Gasteiger partial charge on any atom is 0.0972 e. The normalized spacial score (nSPS) is 11.6. The van der Waals surface area contributed by atoms with Crippen molar-refractivity contribution >= 4 is 77.2 Å². The standard InChI is InChI=1S/C19H10Br2ClN3/c20-15-8-13(22)9-16(21)19(15)24-10-14-6-5-12-4-3-11-2-1-7-23-17(11)18(12)25-14/h1-10H. The molecule has 3 nitrogen and oxygen atoms in total. The van der Waals surface area contributed by atoms with Gasteiger partial charge in [-0.05, 0) is 56.1 Å². The van der Waals surface area contributed by atoms with Crippen molar-refractivity contribution in [3.8, 4) is 0 Å². The lowest BCUT2D eigenvalue weighted by Crippen LogP contribution is -1.91. The minimum Gasteiger partial charge on any atom is -0.254 e. The van der Waals surface area contributed by atoms with Gasteiger partial charge in [-0.25, -0.2) is 4.98 Å². The number of aromatic nitrogens is 2. The van der Waals surface area contributed by atoms with E-state index in [1.165, 1.54) is 0 Å². The maximum absolute atomic E-state index is 6.03. The number of aliphatic imine (C=N–C) groups is 1. The van der Waals surface area contributed by atoms with E-state index in [1.807, 2.05) is 36.4 Å². The molecule has 0 unspecified atom stereocenters. The van der Waals surface area contributed by atoms with Gasteiger partial charge in [-0.15, -0.1) is 0 Å². The van der Waals surface area contributed by atoms with Gasteiger partial charge in [-0.2, -0.15) is 0 Å². The fraction of sp³-hybridized carbons (Fsp3) is 0. The van der Waals surface area contributed by atoms with Crippen LogP contribution in [0.2, 0.25) is 5.02 Å². The molecule has 0 amide bonds. The van der Waals surface area contributed by atoms with Crippen LogP contribution < -0.4 is 0 Å². The molecule has 0 aliphatic rings. The third-order valence-electron chi connectivity index (χ3n) is 3.76. The molecule has 122 valence electrons. The van der Waals surface area contributed by atoms with Gasteiger partial charge in [-0.3, -0.25) is 9.98 Å². The highest BCUT2D eigenvalue weighted by atomic mass is 79.9. The number of pyridine rings is 2. The Bertz CT molecular complexity index is 1120. The van der Waals surface area contributed by atoms with Crippen molar-refractivity contribution in [2.75, 3.05) is 0 Å². The van der Waals surface area contributed by atoms with Crippen LogP contribution in [0, 0.1) is 0 Å². The number of fused-ring (bicyclic) bond motifs is 3. The van der Waals surface area contributed by atoms with Crippen LogP contribution in [0.3, 0.4) is 0 Å². The van der Waals surface area contributed by atoms with E-state index in [9.17, 15) is 0 Å². The summed E-state index contributed by atoms with van der Waals surface area (Å²) in [6.07, 6.45) is 3.52. The zero-order valence-electron chi connectivity index (χ0n) is 12.7. The summed E-state index contributed by atoms with van der Waals surface area (Å²) in [5.74, 6) is 0. The van der Waals surface area contributed by atoms with Crippen molar-refractivity contribution in [1.82, 2.24) is 9.97 Å². The molecule has 25 heavy (non-hydrogen) atoms. The molecule has 4 aromatic rings. The van der Waals surface area contributed by atoms with Crippen LogP contribution in [0.1, 0.15) is 5.69 Å². The fourth-order valence-electron chi connectivity index (χ4n) is 2.60.